The van der Waals surface area contributed by atoms with E-state index in [1.54, 1.807) is 16.6 Å². The van der Waals surface area contributed by atoms with Gasteiger partial charge < -0.3 is 15.1 Å². The van der Waals surface area contributed by atoms with Crippen molar-refractivity contribution in [3.63, 3.8) is 0 Å². The molecule has 0 aliphatic heterocycles. The number of nitrogens with two attached hydrogens (primary N) is 1. The van der Waals surface area contributed by atoms with E-state index in [-0.39, 0.29) is 12.5 Å². The van der Waals surface area contributed by atoms with E-state index in [1.165, 1.54) is 0 Å². The number of rotatable bonds is 4. The summed E-state index contributed by atoms with van der Waals surface area (Å²) < 4.78 is 7.10. The predicted molar refractivity (Wildman–Crippen MR) is 76.0 cm³/mol. The molecule has 6 heteroatoms. The predicted octanol–water partition coefficient (Wildman–Crippen LogP) is 1.64. The van der Waals surface area contributed by atoms with Crippen molar-refractivity contribution in [2.45, 2.75) is 33.9 Å². The van der Waals surface area contributed by atoms with Crippen LogP contribution in [-0.2, 0) is 17.9 Å². The number of amides is 1. The lowest BCUT2D eigenvalue weighted by atomic mass is 10.3. The summed E-state index contributed by atoms with van der Waals surface area (Å²) in [5.41, 5.74) is 8.07. The molecule has 2 rings (SSSR count). The number of aromatic nitrogens is 2. The monoisotopic (exact) mass is 276 g/mol. The highest BCUT2D eigenvalue weighted by atomic mass is 16.3. The SMILES string of the molecule is Cc1ccc(CN(C)C(=O)Cn2nc(C)c(N)c2C)o1. The van der Waals surface area contributed by atoms with Crippen LogP contribution in [0, 0.1) is 20.8 Å². The topological polar surface area (TPSA) is 77.3 Å². The first-order chi connectivity index (χ1) is 9.38. The van der Waals surface area contributed by atoms with Gasteiger partial charge in [0.2, 0.25) is 5.91 Å². The van der Waals surface area contributed by atoms with Crippen LogP contribution in [0.5, 0.6) is 0 Å². The van der Waals surface area contributed by atoms with Gasteiger partial charge in [-0.15, -0.1) is 0 Å². The van der Waals surface area contributed by atoms with Crippen LogP contribution in [0.4, 0.5) is 5.69 Å². The molecule has 0 aliphatic carbocycles. The van der Waals surface area contributed by atoms with Gasteiger partial charge in [-0.2, -0.15) is 5.10 Å². The van der Waals surface area contributed by atoms with Gasteiger partial charge >= 0.3 is 0 Å². The molecular formula is C14H20N4O2. The van der Waals surface area contributed by atoms with Crippen molar-refractivity contribution < 1.29 is 9.21 Å². The number of carbonyl (C=O) groups excluding carboxylic acids is 1. The first-order valence-electron chi connectivity index (χ1n) is 6.47. The van der Waals surface area contributed by atoms with Gasteiger partial charge in [-0.25, -0.2) is 0 Å². The Kier molecular flexibility index (Phi) is 3.83. The lowest BCUT2D eigenvalue weighted by molar-refractivity contribution is -0.131. The summed E-state index contributed by atoms with van der Waals surface area (Å²) in [5.74, 6) is 1.57. The number of aryl methyl sites for hydroxylation is 2. The van der Waals surface area contributed by atoms with Gasteiger partial charge in [0, 0.05) is 7.05 Å². The average molecular weight is 276 g/mol. The number of carbonyl (C=O) groups is 1. The summed E-state index contributed by atoms with van der Waals surface area (Å²) in [6.45, 7) is 6.20. The molecular weight excluding hydrogens is 256 g/mol. The first kappa shape index (κ1) is 14.2. The third kappa shape index (κ3) is 2.84. The van der Waals surface area contributed by atoms with E-state index in [9.17, 15) is 4.79 Å². The summed E-state index contributed by atoms with van der Waals surface area (Å²) >= 11 is 0. The van der Waals surface area contributed by atoms with Crippen molar-refractivity contribution in [1.82, 2.24) is 14.7 Å². The highest BCUT2D eigenvalue weighted by Crippen LogP contribution is 2.15. The largest absolute Gasteiger partial charge is 0.464 e. The summed E-state index contributed by atoms with van der Waals surface area (Å²) in [6, 6.07) is 3.76. The smallest absolute Gasteiger partial charge is 0.244 e. The molecule has 6 nitrogen and oxygen atoms in total. The van der Waals surface area contributed by atoms with Gasteiger partial charge in [0.15, 0.2) is 0 Å². The van der Waals surface area contributed by atoms with Crippen LogP contribution in [0.15, 0.2) is 16.5 Å². The molecule has 0 radical (unpaired) electrons. The Balaban J connectivity index is 2.02. The second kappa shape index (κ2) is 5.40. The van der Waals surface area contributed by atoms with Gasteiger partial charge in [-0.3, -0.25) is 9.48 Å². The number of anilines is 1. The average Bonchev–Trinajstić information content (AvgIpc) is 2.89. The zero-order chi connectivity index (χ0) is 14.9. The maximum absolute atomic E-state index is 12.2. The minimum absolute atomic E-state index is 0.0374. The van der Waals surface area contributed by atoms with Crippen molar-refractivity contribution in [3.8, 4) is 0 Å². The number of hydrogen-bond acceptors (Lipinski definition) is 4. The highest BCUT2D eigenvalue weighted by Gasteiger charge is 2.15. The van der Waals surface area contributed by atoms with E-state index in [0.717, 1.165) is 22.9 Å². The first-order valence-corrected chi connectivity index (χ1v) is 6.47. The molecule has 2 aromatic rings. The molecule has 0 bridgehead atoms. The third-order valence-corrected chi connectivity index (χ3v) is 3.34. The van der Waals surface area contributed by atoms with Gasteiger partial charge in [-0.05, 0) is 32.9 Å². The standard InChI is InChI=1S/C14H20N4O2/c1-9-5-6-12(20-9)7-17(4)13(19)8-18-11(3)14(15)10(2)16-18/h5-6H,7-8,15H2,1-4H3. The van der Waals surface area contributed by atoms with Crippen molar-refractivity contribution in [2.75, 3.05) is 12.8 Å². The maximum atomic E-state index is 12.2. The molecule has 0 saturated carbocycles. The maximum Gasteiger partial charge on any atom is 0.244 e. The summed E-state index contributed by atoms with van der Waals surface area (Å²) in [7, 11) is 1.75. The van der Waals surface area contributed by atoms with Crippen LogP contribution in [0.25, 0.3) is 0 Å². The molecule has 2 aromatic heterocycles. The Morgan fingerprint density at radius 2 is 2.10 bits per heavy atom. The number of nitrogen functional groups attached to an aromatic ring is 1. The van der Waals surface area contributed by atoms with Crippen molar-refractivity contribution in [2.24, 2.45) is 0 Å². The normalized spacial score (nSPS) is 10.8. The lowest BCUT2D eigenvalue weighted by Gasteiger charge is -2.16. The molecule has 0 unspecified atom stereocenters. The summed E-state index contributed by atoms with van der Waals surface area (Å²) in [4.78, 5) is 13.8. The Morgan fingerprint density at radius 1 is 1.40 bits per heavy atom. The molecule has 2 N–H and O–H groups in total. The highest BCUT2D eigenvalue weighted by molar-refractivity contribution is 5.75. The van der Waals surface area contributed by atoms with Crippen molar-refractivity contribution >= 4 is 11.6 Å². The zero-order valence-corrected chi connectivity index (χ0v) is 12.3. The quantitative estimate of drug-likeness (QED) is 0.921. The second-order valence-corrected chi connectivity index (χ2v) is 5.00. The van der Waals surface area contributed by atoms with E-state index >= 15 is 0 Å². The van der Waals surface area contributed by atoms with E-state index in [4.69, 9.17) is 10.2 Å². The fourth-order valence-corrected chi connectivity index (χ4v) is 2.01. The number of hydrogen-bond donors (Lipinski definition) is 1. The van der Waals surface area contributed by atoms with Gasteiger partial charge in [0.25, 0.3) is 0 Å². The number of likely N-dealkylation sites (N-methyl/N-ethyl adjacent to an activating group) is 1. The second-order valence-electron chi connectivity index (χ2n) is 5.00. The Bertz CT molecular complexity index is 627. The summed E-state index contributed by atoms with van der Waals surface area (Å²) in [5, 5.41) is 4.26. The minimum atomic E-state index is -0.0374. The van der Waals surface area contributed by atoms with Crippen molar-refractivity contribution in [3.05, 3.63) is 35.0 Å². The Hall–Kier alpha value is -2.24. The minimum Gasteiger partial charge on any atom is -0.464 e. The van der Waals surface area contributed by atoms with Crippen LogP contribution in [0.1, 0.15) is 22.9 Å². The number of furan rings is 1. The van der Waals surface area contributed by atoms with E-state index in [0.29, 0.717) is 12.2 Å². The molecule has 20 heavy (non-hydrogen) atoms. The molecule has 0 atom stereocenters. The summed E-state index contributed by atoms with van der Waals surface area (Å²) in [6.07, 6.45) is 0. The molecule has 0 saturated heterocycles. The van der Waals surface area contributed by atoms with Crippen LogP contribution < -0.4 is 5.73 Å². The number of nitrogens with zero attached hydrogens (tertiary/aromatic N) is 3. The molecule has 0 aliphatic rings. The fourth-order valence-electron chi connectivity index (χ4n) is 2.01. The third-order valence-electron chi connectivity index (χ3n) is 3.34. The molecule has 108 valence electrons. The van der Waals surface area contributed by atoms with Gasteiger partial charge in [0.1, 0.15) is 18.1 Å². The Morgan fingerprint density at radius 3 is 2.60 bits per heavy atom. The molecule has 0 fully saturated rings. The van der Waals surface area contributed by atoms with Crippen LogP contribution in [0.3, 0.4) is 0 Å². The van der Waals surface area contributed by atoms with Gasteiger partial charge in [0.05, 0.1) is 23.6 Å². The fraction of sp³-hybridized carbons (Fsp3) is 0.429. The van der Waals surface area contributed by atoms with Crippen LogP contribution >= 0.6 is 0 Å². The van der Waals surface area contributed by atoms with Crippen molar-refractivity contribution in [1.29, 1.82) is 0 Å². The van der Waals surface area contributed by atoms with Crippen LogP contribution in [0.2, 0.25) is 0 Å². The van der Waals surface area contributed by atoms with E-state index < -0.39 is 0 Å². The molecule has 2 heterocycles. The molecule has 1 amide bonds. The van der Waals surface area contributed by atoms with E-state index in [2.05, 4.69) is 5.10 Å². The van der Waals surface area contributed by atoms with Gasteiger partial charge in [-0.1, -0.05) is 0 Å². The Labute approximate surface area is 118 Å². The molecule has 0 aromatic carbocycles. The van der Waals surface area contributed by atoms with Crippen LogP contribution in [-0.4, -0.2) is 27.6 Å². The lowest BCUT2D eigenvalue weighted by Crippen LogP contribution is -2.30. The zero-order valence-electron chi connectivity index (χ0n) is 12.3. The van der Waals surface area contributed by atoms with E-state index in [1.807, 2.05) is 32.9 Å². The molecule has 0 spiro atoms.